The number of pyridine rings is 1. The zero-order chi connectivity index (χ0) is 16.1. The summed E-state index contributed by atoms with van der Waals surface area (Å²) in [6.07, 6.45) is 1.86. The number of hydrogen-bond acceptors (Lipinski definition) is 6. The fourth-order valence-corrected chi connectivity index (χ4v) is 2.55. The zero-order valence-corrected chi connectivity index (χ0v) is 13.4. The average molecular weight is 312 g/mol. The molecule has 0 atom stereocenters. The Morgan fingerprint density at radius 1 is 1.17 bits per heavy atom. The van der Waals surface area contributed by atoms with Crippen molar-refractivity contribution in [3.05, 3.63) is 53.8 Å². The Morgan fingerprint density at radius 3 is 2.87 bits per heavy atom. The van der Waals surface area contributed by atoms with Crippen molar-refractivity contribution in [3.63, 3.8) is 0 Å². The van der Waals surface area contributed by atoms with Gasteiger partial charge in [0.15, 0.2) is 5.82 Å². The summed E-state index contributed by atoms with van der Waals surface area (Å²) >= 11 is 0. The third kappa shape index (κ3) is 3.72. The van der Waals surface area contributed by atoms with E-state index in [2.05, 4.69) is 39.1 Å². The summed E-state index contributed by atoms with van der Waals surface area (Å²) in [5.41, 5.74) is 2.26. The summed E-state index contributed by atoms with van der Waals surface area (Å²) in [4.78, 5) is 11.0. The van der Waals surface area contributed by atoms with Crippen molar-refractivity contribution in [2.45, 2.75) is 26.6 Å². The van der Waals surface area contributed by atoms with Crippen LogP contribution in [-0.4, -0.2) is 33.7 Å². The molecule has 0 saturated carbocycles. The molecule has 0 N–H and O–H groups in total. The lowest BCUT2D eigenvalue weighted by Gasteiger charge is -2.19. The molecule has 0 fully saturated rings. The molecule has 0 saturated heterocycles. The Hall–Kier alpha value is -2.31. The SMILES string of the molecule is CCN(Cc1nc(COC)no1)Cc1ccnc2ccccc12. The second-order valence-corrected chi connectivity index (χ2v) is 5.33. The number of hydrogen-bond donors (Lipinski definition) is 0. The fourth-order valence-electron chi connectivity index (χ4n) is 2.55. The fraction of sp³-hybridized carbons (Fsp3) is 0.353. The minimum atomic E-state index is 0.366. The Balaban J connectivity index is 1.75. The van der Waals surface area contributed by atoms with Crippen LogP contribution in [0.1, 0.15) is 24.2 Å². The quantitative estimate of drug-likeness (QED) is 0.668. The van der Waals surface area contributed by atoms with Gasteiger partial charge in [-0.1, -0.05) is 30.3 Å². The standard InChI is InChI=1S/C17H20N4O2/c1-3-21(11-17-19-16(12-22-2)20-23-17)10-13-8-9-18-15-7-5-4-6-14(13)15/h4-9H,3,10-12H2,1-2H3. The van der Waals surface area contributed by atoms with Crippen molar-refractivity contribution in [3.8, 4) is 0 Å². The maximum absolute atomic E-state index is 5.28. The lowest BCUT2D eigenvalue weighted by Crippen LogP contribution is -2.22. The molecule has 2 aromatic heterocycles. The van der Waals surface area contributed by atoms with E-state index in [1.807, 2.05) is 24.4 Å². The summed E-state index contributed by atoms with van der Waals surface area (Å²) in [5.74, 6) is 1.19. The molecule has 0 aliphatic heterocycles. The minimum absolute atomic E-state index is 0.366. The van der Waals surface area contributed by atoms with E-state index < -0.39 is 0 Å². The van der Waals surface area contributed by atoms with Gasteiger partial charge in [0.05, 0.1) is 12.1 Å². The second-order valence-electron chi connectivity index (χ2n) is 5.33. The highest BCUT2D eigenvalue weighted by Gasteiger charge is 2.12. The van der Waals surface area contributed by atoms with Crippen LogP contribution < -0.4 is 0 Å². The van der Waals surface area contributed by atoms with E-state index in [1.54, 1.807) is 7.11 Å². The molecule has 0 spiro atoms. The Labute approximate surface area is 135 Å². The summed E-state index contributed by atoms with van der Waals surface area (Å²) in [7, 11) is 1.61. The number of ether oxygens (including phenoxy) is 1. The molecule has 0 radical (unpaired) electrons. The lowest BCUT2D eigenvalue weighted by atomic mass is 10.1. The van der Waals surface area contributed by atoms with Crippen molar-refractivity contribution in [1.82, 2.24) is 20.0 Å². The first kappa shape index (κ1) is 15.6. The van der Waals surface area contributed by atoms with Crippen LogP contribution in [0, 0.1) is 0 Å². The van der Waals surface area contributed by atoms with Gasteiger partial charge in [-0.25, -0.2) is 0 Å². The van der Waals surface area contributed by atoms with Gasteiger partial charge >= 0.3 is 0 Å². The van der Waals surface area contributed by atoms with E-state index in [4.69, 9.17) is 9.26 Å². The molecule has 0 bridgehead atoms. The first-order chi connectivity index (χ1) is 11.3. The van der Waals surface area contributed by atoms with Crippen LogP contribution in [0.2, 0.25) is 0 Å². The molecular weight excluding hydrogens is 292 g/mol. The minimum Gasteiger partial charge on any atom is -0.377 e. The molecule has 0 unspecified atom stereocenters. The van der Waals surface area contributed by atoms with Crippen molar-refractivity contribution in [1.29, 1.82) is 0 Å². The highest BCUT2D eigenvalue weighted by molar-refractivity contribution is 5.81. The van der Waals surface area contributed by atoms with Crippen molar-refractivity contribution >= 4 is 10.9 Å². The van der Waals surface area contributed by atoms with E-state index in [9.17, 15) is 0 Å². The Bertz CT molecular complexity index is 767. The van der Waals surface area contributed by atoms with E-state index in [1.165, 1.54) is 10.9 Å². The molecule has 0 aliphatic carbocycles. The van der Waals surface area contributed by atoms with Crippen LogP contribution in [-0.2, 0) is 24.4 Å². The monoisotopic (exact) mass is 312 g/mol. The lowest BCUT2D eigenvalue weighted by molar-refractivity contribution is 0.174. The highest BCUT2D eigenvalue weighted by Crippen LogP contribution is 2.18. The van der Waals surface area contributed by atoms with Crippen LogP contribution in [0.25, 0.3) is 10.9 Å². The summed E-state index contributed by atoms with van der Waals surface area (Å²) in [6.45, 7) is 4.80. The van der Waals surface area contributed by atoms with E-state index in [0.29, 0.717) is 24.9 Å². The molecule has 0 aliphatic rings. The molecule has 2 heterocycles. The highest BCUT2D eigenvalue weighted by atomic mass is 16.5. The Kier molecular flexibility index (Phi) is 4.95. The number of rotatable bonds is 7. The third-order valence-electron chi connectivity index (χ3n) is 3.72. The normalized spacial score (nSPS) is 11.4. The molecule has 6 nitrogen and oxygen atoms in total. The van der Waals surface area contributed by atoms with Crippen LogP contribution in [0.5, 0.6) is 0 Å². The second kappa shape index (κ2) is 7.30. The number of nitrogens with zero attached hydrogens (tertiary/aromatic N) is 4. The van der Waals surface area contributed by atoms with E-state index in [0.717, 1.165) is 18.6 Å². The van der Waals surface area contributed by atoms with Crippen LogP contribution in [0.3, 0.4) is 0 Å². The topological polar surface area (TPSA) is 64.3 Å². The van der Waals surface area contributed by atoms with Crippen LogP contribution in [0.15, 0.2) is 41.1 Å². The molecule has 6 heteroatoms. The molecule has 1 aromatic carbocycles. The van der Waals surface area contributed by atoms with E-state index in [-0.39, 0.29) is 0 Å². The van der Waals surface area contributed by atoms with Crippen molar-refractivity contribution < 1.29 is 9.26 Å². The third-order valence-corrected chi connectivity index (χ3v) is 3.72. The summed E-state index contributed by atoms with van der Waals surface area (Å²) < 4.78 is 10.3. The molecule has 23 heavy (non-hydrogen) atoms. The van der Waals surface area contributed by atoms with Gasteiger partial charge in [0.2, 0.25) is 5.89 Å². The molecule has 120 valence electrons. The maximum Gasteiger partial charge on any atom is 0.240 e. The van der Waals surface area contributed by atoms with Gasteiger partial charge in [-0.2, -0.15) is 4.98 Å². The smallest absolute Gasteiger partial charge is 0.240 e. The number of fused-ring (bicyclic) bond motifs is 1. The largest absolute Gasteiger partial charge is 0.377 e. The predicted molar refractivity (Wildman–Crippen MR) is 86.5 cm³/mol. The number of para-hydroxylation sites is 1. The van der Waals surface area contributed by atoms with Crippen molar-refractivity contribution in [2.75, 3.05) is 13.7 Å². The molecular formula is C17H20N4O2. The summed E-state index contributed by atoms with van der Waals surface area (Å²) in [5, 5.41) is 5.08. The zero-order valence-electron chi connectivity index (χ0n) is 13.4. The maximum atomic E-state index is 5.28. The van der Waals surface area contributed by atoms with Gasteiger partial charge in [-0.15, -0.1) is 0 Å². The number of aromatic nitrogens is 3. The first-order valence-corrected chi connectivity index (χ1v) is 7.65. The molecule has 3 aromatic rings. The van der Waals surface area contributed by atoms with Gasteiger partial charge < -0.3 is 9.26 Å². The van der Waals surface area contributed by atoms with Gasteiger partial charge in [0.1, 0.15) is 6.61 Å². The van der Waals surface area contributed by atoms with Gasteiger partial charge in [0.25, 0.3) is 0 Å². The van der Waals surface area contributed by atoms with Crippen LogP contribution >= 0.6 is 0 Å². The first-order valence-electron chi connectivity index (χ1n) is 7.65. The van der Waals surface area contributed by atoms with Crippen molar-refractivity contribution in [2.24, 2.45) is 0 Å². The van der Waals surface area contributed by atoms with Gasteiger partial charge in [-0.3, -0.25) is 9.88 Å². The van der Waals surface area contributed by atoms with Crippen LogP contribution in [0.4, 0.5) is 0 Å². The predicted octanol–water partition coefficient (Wildman–Crippen LogP) is 2.79. The average Bonchev–Trinajstić information content (AvgIpc) is 3.02. The van der Waals surface area contributed by atoms with E-state index >= 15 is 0 Å². The van der Waals surface area contributed by atoms with Gasteiger partial charge in [-0.05, 0) is 24.2 Å². The molecule has 0 amide bonds. The van der Waals surface area contributed by atoms with Gasteiger partial charge in [0, 0.05) is 25.2 Å². The number of methoxy groups -OCH3 is 1. The number of benzene rings is 1. The molecule has 3 rings (SSSR count). The summed E-state index contributed by atoms with van der Waals surface area (Å²) in [6, 6.07) is 10.2. The Morgan fingerprint density at radius 2 is 2.04 bits per heavy atom.